The first kappa shape index (κ1) is 15.3. The van der Waals surface area contributed by atoms with Crippen LogP contribution in [0.5, 0.6) is 0 Å². The fraction of sp³-hybridized carbons (Fsp3) is 0.647. The van der Waals surface area contributed by atoms with Gasteiger partial charge in [-0.15, -0.1) is 0 Å². The lowest BCUT2D eigenvalue weighted by Crippen LogP contribution is -2.40. The van der Waals surface area contributed by atoms with E-state index >= 15 is 0 Å². The van der Waals surface area contributed by atoms with Crippen LogP contribution in [0, 0.1) is 11.2 Å². The van der Waals surface area contributed by atoms with Gasteiger partial charge in [-0.3, -0.25) is 0 Å². The molecule has 0 radical (unpaired) electrons. The summed E-state index contributed by atoms with van der Waals surface area (Å²) in [5.74, 6) is -0.305. The van der Waals surface area contributed by atoms with Gasteiger partial charge in [0, 0.05) is 24.3 Å². The van der Waals surface area contributed by atoms with Gasteiger partial charge in [0.2, 0.25) is 0 Å². The normalized spacial score (nSPS) is 19.9. The van der Waals surface area contributed by atoms with E-state index in [2.05, 4.69) is 18.7 Å². The number of anilines is 1. The Balaban J connectivity index is 2.21. The van der Waals surface area contributed by atoms with Gasteiger partial charge in [-0.1, -0.05) is 32.8 Å². The fourth-order valence-corrected chi connectivity index (χ4v) is 3.39. The molecule has 1 atom stereocenters. The van der Waals surface area contributed by atoms with Gasteiger partial charge in [0.15, 0.2) is 0 Å². The summed E-state index contributed by atoms with van der Waals surface area (Å²) in [6, 6.07) is 5.09. The van der Waals surface area contributed by atoms with Crippen LogP contribution in [0.25, 0.3) is 0 Å². The first-order chi connectivity index (χ1) is 9.53. The summed E-state index contributed by atoms with van der Waals surface area (Å²) in [4.78, 5) is 2.23. The van der Waals surface area contributed by atoms with Crippen molar-refractivity contribution in [2.24, 2.45) is 5.41 Å². The van der Waals surface area contributed by atoms with Gasteiger partial charge in [-0.25, -0.2) is 4.39 Å². The average molecular weight is 279 g/mol. The molecule has 0 saturated carbocycles. The zero-order valence-corrected chi connectivity index (χ0v) is 12.8. The van der Waals surface area contributed by atoms with Gasteiger partial charge in [-0.05, 0) is 37.3 Å². The highest BCUT2D eigenvalue weighted by molar-refractivity contribution is 5.55. The van der Waals surface area contributed by atoms with E-state index in [-0.39, 0.29) is 5.82 Å². The Hall–Kier alpha value is -1.09. The van der Waals surface area contributed by atoms with Crippen molar-refractivity contribution in [2.75, 3.05) is 18.0 Å². The molecule has 0 amide bonds. The van der Waals surface area contributed by atoms with Crippen LogP contribution in [-0.2, 0) is 0 Å². The summed E-state index contributed by atoms with van der Waals surface area (Å²) in [6.45, 7) is 8.06. The standard InChI is InChI=1S/C17H26FNO/c1-4-17(5-2)9-11-19(12-10-17)15-8-6-7-14(18)16(15)13(3)20/h6-8,13,20H,4-5,9-12H2,1-3H3. The Labute approximate surface area is 121 Å². The maximum Gasteiger partial charge on any atom is 0.131 e. The molecular formula is C17H26FNO. The number of aliphatic hydroxyl groups excluding tert-OH is 1. The molecular weight excluding hydrogens is 253 g/mol. The molecule has 2 rings (SSSR count). The SMILES string of the molecule is CCC1(CC)CCN(c2cccc(F)c2C(C)O)CC1. The minimum absolute atomic E-state index is 0.305. The number of halogens is 1. The van der Waals surface area contributed by atoms with E-state index in [0.717, 1.165) is 31.6 Å². The third-order valence-electron chi connectivity index (χ3n) is 5.11. The summed E-state index contributed by atoms with van der Waals surface area (Å²) in [5, 5.41) is 9.84. The number of hydrogen-bond acceptors (Lipinski definition) is 2. The van der Waals surface area contributed by atoms with Crippen molar-refractivity contribution in [2.45, 2.75) is 52.6 Å². The Morgan fingerprint density at radius 2 is 1.85 bits per heavy atom. The molecule has 112 valence electrons. The Morgan fingerprint density at radius 1 is 1.25 bits per heavy atom. The summed E-state index contributed by atoms with van der Waals surface area (Å²) >= 11 is 0. The molecule has 1 heterocycles. The minimum atomic E-state index is -0.768. The van der Waals surface area contributed by atoms with Crippen LogP contribution < -0.4 is 4.90 Å². The maximum atomic E-state index is 14.0. The molecule has 20 heavy (non-hydrogen) atoms. The van der Waals surface area contributed by atoms with Crippen molar-refractivity contribution < 1.29 is 9.50 Å². The quantitative estimate of drug-likeness (QED) is 0.889. The highest BCUT2D eigenvalue weighted by Gasteiger charge is 2.32. The summed E-state index contributed by atoms with van der Waals surface area (Å²) < 4.78 is 14.0. The Bertz CT molecular complexity index is 444. The Kier molecular flexibility index (Phi) is 4.69. The van der Waals surface area contributed by atoms with E-state index in [1.165, 1.54) is 18.9 Å². The highest BCUT2D eigenvalue weighted by atomic mass is 19.1. The predicted molar refractivity (Wildman–Crippen MR) is 81.5 cm³/mol. The molecule has 1 aromatic carbocycles. The molecule has 0 aliphatic carbocycles. The van der Waals surface area contributed by atoms with Crippen molar-refractivity contribution in [3.05, 3.63) is 29.6 Å². The van der Waals surface area contributed by atoms with Crippen molar-refractivity contribution in [1.29, 1.82) is 0 Å². The van der Waals surface area contributed by atoms with E-state index in [1.807, 2.05) is 6.07 Å². The van der Waals surface area contributed by atoms with Gasteiger partial charge in [0.1, 0.15) is 5.82 Å². The van der Waals surface area contributed by atoms with Gasteiger partial charge >= 0.3 is 0 Å². The van der Waals surface area contributed by atoms with Crippen molar-refractivity contribution in [3.63, 3.8) is 0 Å². The molecule has 2 nitrogen and oxygen atoms in total. The summed E-state index contributed by atoms with van der Waals surface area (Å²) in [5.41, 5.74) is 1.75. The van der Waals surface area contributed by atoms with Gasteiger partial charge < -0.3 is 10.0 Å². The topological polar surface area (TPSA) is 23.5 Å². The fourth-order valence-electron chi connectivity index (χ4n) is 3.39. The van der Waals surface area contributed by atoms with E-state index < -0.39 is 6.10 Å². The first-order valence-electron chi connectivity index (χ1n) is 7.74. The minimum Gasteiger partial charge on any atom is -0.389 e. The summed E-state index contributed by atoms with van der Waals surface area (Å²) in [6.07, 6.45) is 3.95. The van der Waals surface area contributed by atoms with Crippen molar-refractivity contribution in [3.8, 4) is 0 Å². The lowest BCUT2D eigenvalue weighted by atomic mass is 9.74. The number of rotatable bonds is 4. The average Bonchev–Trinajstić information content (AvgIpc) is 2.46. The molecule has 1 unspecified atom stereocenters. The van der Waals surface area contributed by atoms with Crippen LogP contribution in [0.1, 0.15) is 58.1 Å². The van der Waals surface area contributed by atoms with E-state index in [0.29, 0.717) is 11.0 Å². The van der Waals surface area contributed by atoms with E-state index in [4.69, 9.17) is 0 Å². The van der Waals surface area contributed by atoms with Crippen LogP contribution in [0.15, 0.2) is 18.2 Å². The molecule has 3 heteroatoms. The zero-order valence-electron chi connectivity index (χ0n) is 12.8. The smallest absolute Gasteiger partial charge is 0.131 e. The lowest BCUT2D eigenvalue weighted by molar-refractivity contribution is 0.189. The lowest BCUT2D eigenvalue weighted by Gasteiger charge is -2.42. The van der Waals surface area contributed by atoms with Crippen molar-refractivity contribution in [1.82, 2.24) is 0 Å². The van der Waals surface area contributed by atoms with Crippen LogP contribution in [0.3, 0.4) is 0 Å². The van der Waals surface area contributed by atoms with Crippen LogP contribution in [0.2, 0.25) is 0 Å². The van der Waals surface area contributed by atoms with Crippen molar-refractivity contribution >= 4 is 5.69 Å². The second-order valence-electron chi connectivity index (χ2n) is 6.04. The highest BCUT2D eigenvalue weighted by Crippen LogP contribution is 2.40. The molecule has 1 fully saturated rings. The molecule has 0 bridgehead atoms. The molecule has 1 aliphatic rings. The van der Waals surface area contributed by atoms with Gasteiger partial charge in [0.05, 0.1) is 6.10 Å². The summed E-state index contributed by atoms with van der Waals surface area (Å²) in [7, 11) is 0. The monoisotopic (exact) mass is 279 g/mol. The van der Waals surface area contributed by atoms with Crippen LogP contribution in [-0.4, -0.2) is 18.2 Å². The molecule has 0 aromatic heterocycles. The molecule has 1 saturated heterocycles. The largest absolute Gasteiger partial charge is 0.389 e. The maximum absolute atomic E-state index is 14.0. The zero-order chi connectivity index (χ0) is 14.8. The third kappa shape index (κ3) is 2.83. The van der Waals surface area contributed by atoms with Gasteiger partial charge in [0.25, 0.3) is 0 Å². The predicted octanol–water partition coefficient (Wildman–Crippen LogP) is 4.29. The molecule has 1 aliphatic heterocycles. The van der Waals surface area contributed by atoms with E-state index in [9.17, 15) is 9.50 Å². The second-order valence-corrected chi connectivity index (χ2v) is 6.04. The Morgan fingerprint density at radius 3 is 2.35 bits per heavy atom. The number of aliphatic hydroxyl groups is 1. The first-order valence-corrected chi connectivity index (χ1v) is 7.74. The molecule has 0 spiro atoms. The third-order valence-corrected chi connectivity index (χ3v) is 5.11. The number of benzene rings is 1. The number of piperidine rings is 1. The number of nitrogens with zero attached hydrogens (tertiary/aromatic N) is 1. The second kappa shape index (κ2) is 6.13. The molecule has 1 aromatic rings. The van der Waals surface area contributed by atoms with Gasteiger partial charge in [-0.2, -0.15) is 0 Å². The number of hydrogen-bond donors (Lipinski definition) is 1. The molecule has 1 N–H and O–H groups in total. The van der Waals surface area contributed by atoms with Crippen LogP contribution >= 0.6 is 0 Å². The van der Waals surface area contributed by atoms with Crippen LogP contribution in [0.4, 0.5) is 10.1 Å². The van der Waals surface area contributed by atoms with E-state index in [1.54, 1.807) is 13.0 Å².